The zero-order valence-electron chi connectivity index (χ0n) is 50.4. The Kier molecular flexibility index (Phi) is 29.0. The van der Waals surface area contributed by atoms with Gasteiger partial charge < -0.3 is 159 Å². The molecule has 6 aliphatic rings. The molecule has 6 fully saturated rings. The maximum atomic E-state index is 12.9. The van der Waals surface area contributed by atoms with Crippen LogP contribution in [0.1, 0.15) is 58.8 Å². The van der Waals surface area contributed by atoms with E-state index in [9.17, 15) is 111 Å². The number of hydrogen-bond acceptors (Lipinski definition) is 35. The lowest BCUT2D eigenvalue weighted by molar-refractivity contribution is -0.393. The first-order valence-corrected chi connectivity index (χ1v) is 30.3. The number of benzene rings is 1. The van der Waals surface area contributed by atoms with Crippen LogP contribution in [0.3, 0.4) is 0 Å². The van der Waals surface area contributed by atoms with Crippen molar-refractivity contribution in [3.8, 4) is 5.75 Å². The smallest absolute Gasteiger partial charge is 0.311 e. The summed E-state index contributed by atoms with van der Waals surface area (Å²) in [6, 6.07) is 3.21. The van der Waals surface area contributed by atoms with Crippen LogP contribution in [0.5, 0.6) is 5.75 Å². The third-order valence-electron chi connectivity index (χ3n) is 16.5. The molecule has 0 aliphatic carbocycles. The van der Waals surface area contributed by atoms with Crippen molar-refractivity contribution in [2.45, 2.75) is 243 Å². The topological polar surface area (TPSA) is 582 Å². The average molecular weight is 1350 g/mol. The summed E-state index contributed by atoms with van der Waals surface area (Å²) in [5.74, 6) is -1.53. The highest BCUT2D eigenvalue weighted by molar-refractivity contribution is 5.76. The number of hydrogen-bond donors (Lipinski definition) is 19. The van der Waals surface area contributed by atoms with Gasteiger partial charge in [-0.15, -0.1) is 0 Å². The molecule has 93 heavy (non-hydrogen) atoms. The van der Waals surface area contributed by atoms with E-state index >= 15 is 0 Å². The Morgan fingerprint density at radius 1 is 0.473 bits per heavy atom. The van der Waals surface area contributed by atoms with Crippen molar-refractivity contribution in [2.75, 3.05) is 46.2 Å². The van der Waals surface area contributed by atoms with Crippen LogP contribution < -0.4 is 15.4 Å². The number of carbonyl (C=O) groups is 3. The van der Waals surface area contributed by atoms with Gasteiger partial charge in [0.2, 0.25) is 11.8 Å². The van der Waals surface area contributed by atoms with Gasteiger partial charge in [-0.25, -0.2) is 0 Å². The van der Waals surface area contributed by atoms with E-state index in [1.54, 1.807) is 0 Å². The number of aliphatic hydroxyl groups is 17. The summed E-state index contributed by atoms with van der Waals surface area (Å²) in [7, 11) is 0. The number of non-ortho nitro benzene ring substituents is 1. The number of rotatable bonds is 30. The largest absolute Gasteiger partial charge is 0.427 e. The Balaban J connectivity index is 0.921. The van der Waals surface area contributed by atoms with Crippen molar-refractivity contribution < 1.29 is 168 Å². The van der Waals surface area contributed by atoms with E-state index in [4.69, 9.17) is 61.6 Å². The Labute approximate surface area is 529 Å². The highest BCUT2D eigenvalue weighted by atomic mass is 16.8. The molecule has 6 aliphatic heterocycles. The fourth-order valence-electron chi connectivity index (χ4n) is 11.3. The van der Waals surface area contributed by atoms with Crippen LogP contribution >= 0.6 is 0 Å². The summed E-state index contributed by atoms with van der Waals surface area (Å²) in [5, 5.41) is 202. The molecule has 0 spiro atoms. The van der Waals surface area contributed by atoms with E-state index in [1.165, 1.54) is 31.2 Å². The maximum absolute atomic E-state index is 12.9. The molecule has 0 saturated carbocycles. The fraction of sp³-hybridized carbons (Fsp3) is 0.836. The van der Waals surface area contributed by atoms with Crippen LogP contribution in [0.2, 0.25) is 0 Å². The van der Waals surface area contributed by atoms with Crippen LogP contribution in [-0.4, -0.2) is 340 Å². The predicted molar refractivity (Wildman–Crippen MR) is 297 cm³/mol. The number of unbranched alkanes of at least 4 members (excludes halogenated alkanes) is 3. The highest BCUT2D eigenvalue weighted by Gasteiger charge is 2.58. The third-order valence-corrected chi connectivity index (χ3v) is 16.5. The molecule has 7 rings (SSSR count). The molecule has 6 heterocycles. The SMILES string of the molecule is CC(=O)NC1[C@H](O[C@@H]2C(O)[C@H](O[C@H]3C(CO)O[C@@H](O[C@H]4C(CO)O[C@@H](OCCCCCNC(=O)CCCCC(=O)Oc5ccc([N+](=O)[O-])cc5)C(O)[C@H]4O)C(O)[C@H]3O)OC(CO)[C@@H]2O)OC(CO)[C@H](O)[C@@H]1O[C@@H]1OC(CO)[C@H](O)[C@H](O)C1O[C@@H]1OC(C)[C@H](O)C(O)[C@@H]1O. The van der Waals surface area contributed by atoms with Gasteiger partial charge in [-0.2, -0.15) is 0 Å². The van der Waals surface area contributed by atoms with Gasteiger partial charge in [0.15, 0.2) is 37.7 Å². The van der Waals surface area contributed by atoms with E-state index < -0.39 is 234 Å². The van der Waals surface area contributed by atoms with E-state index in [1.807, 2.05) is 0 Å². The monoisotopic (exact) mass is 1350 g/mol. The van der Waals surface area contributed by atoms with Gasteiger partial charge in [-0.05, 0) is 51.2 Å². The summed E-state index contributed by atoms with van der Waals surface area (Å²) in [6.45, 7) is -2.36. The molecular formula is C55H87N3O35. The van der Waals surface area contributed by atoms with Crippen LogP contribution in [0.25, 0.3) is 0 Å². The van der Waals surface area contributed by atoms with E-state index in [-0.39, 0.29) is 36.8 Å². The zero-order chi connectivity index (χ0) is 68.1. The number of amides is 2. The van der Waals surface area contributed by atoms with Gasteiger partial charge >= 0.3 is 5.97 Å². The molecule has 1 aromatic carbocycles. The van der Waals surface area contributed by atoms with Crippen molar-refractivity contribution in [3.05, 3.63) is 34.4 Å². The molecule has 38 nitrogen and oxygen atoms in total. The standard InChI is InChI=1S/C55H87N3O35/c1-21-33(67)37(71)41(75)52(82-21)93-49-38(72)34(68)25(16-59)86-55(49)91-47-32(57-22(2)64)50(84-26(17-60)35(47)69)92-48-36(70)27(18-61)85-54(44(48)78)90-46-29(20-63)88-53(43(77)40(46)74)89-45-28(19-62)87-51(42(76)39(45)73)81-15-7-3-6-14-56-30(65)8-4-5-9-31(66)83-24-12-10-23(11-13-24)58(79)80/h10-13,21,25-29,32-55,59-63,67-78H,3-9,14-20H2,1-2H3,(H,56,65)(H,57,64)/t21?,25?,26?,27?,28?,29?,32?,33-,34-,35-,36-,37?,38-,39+,40+,41-,42?,43?,44?,45-,46-,47+,48-,49?,50-,51+,52-,53-,54-,55-/m0/s1. The first kappa shape index (κ1) is 76.2. The van der Waals surface area contributed by atoms with Gasteiger partial charge in [-0.3, -0.25) is 24.5 Å². The molecule has 6 saturated heterocycles. The second-order valence-corrected chi connectivity index (χ2v) is 23.2. The summed E-state index contributed by atoms with van der Waals surface area (Å²) in [5.41, 5.74) is -0.154. The Morgan fingerprint density at radius 2 is 0.935 bits per heavy atom. The summed E-state index contributed by atoms with van der Waals surface area (Å²) in [6.07, 6.45) is -52.1. The van der Waals surface area contributed by atoms with Crippen molar-refractivity contribution in [2.24, 2.45) is 0 Å². The number of carbonyl (C=O) groups excluding carboxylic acids is 3. The lowest BCUT2D eigenvalue weighted by atomic mass is 9.94. The summed E-state index contributed by atoms with van der Waals surface area (Å²) < 4.78 is 74.7. The number of nitrogens with zero attached hydrogens (tertiary/aromatic N) is 1. The first-order chi connectivity index (χ1) is 44.3. The second-order valence-electron chi connectivity index (χ2n) is 23.2. The van der Waals surface area contributed by atoms with Crippen LogP contribution in [0, 0.1) is 10.1 Å². The molecule has 2 amide bonds. The van der Waals surface area contributed by atoms with E-state index in [0.29, 0.717) is 38.6 Å². The first-order valence-electron chi connectivity index (χ1n) is 30.3. The van der Waals surface area contributed by atoms with Crippen LogP contribution in [0.15, 0.2) is 24.3 Å². The van der Waals surface area contributed by atoms with Crippen LogP contribution in [-0.2, 0) is 71.2 Å². The minimum atomic E-state index is -2.25. The Morgan fingerprint density at radius 3 is 1.53 bits per heavy atom. The quantitative estimate of drug-likeness (QED) is 0.0112. The fourth-order valence-corrected chi connectivity index (χ4v) is 11.3. The molecular weight excluding hydrogens is 1260 g/mol. The Bertz CT molecular complexity index is 2480. The molecule has 532 valence electrons. The van der Waals surface area contributed by atoms with Gasteiger partial charge in [0.1, 0.15) is 146 Å². The predicted octanol–water partition coefficient (Wildman–Crippen LogP) is -9.54. The molecule has 0 radical (unpaired) electrons. The number of esters is 1. The molecule has 12 unspecified atom stereocenters. The number of nitrogens with one attached hydrogen (secondary N) is 2. The average Bonchev–Trinajstić information content (AvgIpc) is 0.806. The van der Waals surface area contributed by atoms with Crippen LogP contribution in [0.4, 0.5) is 5.69 Å². The van der Waals surface area contributed by atoms with Gasteiger partial charge in [0.25, 0.3) is 5.69 Å². The number of ether oxygens (including phenoxy) is 13. The van der Waals surface area contributed by atoms with Gasteiger partial charge in [0.05, 0.1) is 44.1 Å². The zero-order valence-corrected chi connectivity index (χ0v) is 50.4. The lowest BCUT2D eigenvalue weighted by Crippen LogP contribution is -2.70. The molecule has 0 bridgehead atoms. The molecule has 19 N–H and O–H groups in total. The minimum Gasteiger partial charge on any atom is -0.427 e. The highest BCUT2D eigenvalue weighted by Crippen LogP contribution is 2.38. The maximum Gasteiger partial charge on any atom is 0.311 e. The Hall–Kier alpha value is -4.13. The van der Waals surface area contributed by atoms with E-state index in [2.05, 4.69) is 10.6 Å². The summed E-state index contributed by atoms with van der Waals surface area (Å²) in [4.78, 5) is 47.5. The molecule has 0 aromatic heterocycles. The van der Waals surface area contributed by atoms with Crippen molar-refractivity contribution in [1.29, 1.82) is 0 Å². The third kappa shape index (κ3) is 19.0. The normalized spacial score (nSPS) is 41.5. The van der Waals surface area contributed by atoms with Crippen molar-refractivity contribution in [3.63, 3.8) is 0 Å². The molecule has 38 heteroatoms. The van der Waals surface area contributed by atoms with Gasteiger partial charge in [0, 0.05) is 45.0 Å². The summed E-state index contributed by atoms with van der Waals surface area (Å²) >= 11 is 0. The second kappa shape index (κ2) is 35.4. The number of nitro benzene ring substituents is 1. The number of nitro groups is 1. The molecule has 1 aromatic rings. The van der Waals surface area contributed by atoms with E-state index in [0.717, 1.165) is 6.92 Å². The van der Waals surface area contributed by atoms with Crippen molar-refractivity contribution in [1.82, 2.24) is 10.6 Å². The molecule has 30 atom stereocenters. The number of aliphatic hydroxyl groups excluding tert-OH is 17. The van der Waals surface area contributed by atoms with Gasteiger partial charge in [-0.1, -0.05) is 0 Å². The lowest BCUT2D eigenvalue weighted by Gasteiger charge is -2.51. The van der Waals surface area contributed by atoms with Crippen molar-refractivity contribution >= 4 is 23.5 Å². The minimum absolute atomic E-state index is 0.0234.